The van der Waals surface area contributed by atoms with Crippen molar-refractivity contribution in [2.45, 2.75) is 0 Å². The molecule has 0 spiro atoms. The number of hydrogen-bond acceptors (Lipinski definition) is 4. The van der Waals surface area contributed by atoms with Gasteiger partial charge in [-0.25, -0.2) is 0 Å². The van der Waals surface area contributed by atoms with E-state index in [9.17, 15) is 14.9 Å². The second kappa shape index (κ2) is 7.19. The summed E-state index contributed by atoms with van der Waals surface area (Å²) in [5, 5.41) is 13.4. The Morgan fingerprint density at radius 3 is 2.23 bits per heavy atom. The van der Waals surface area contributed by atoms with Gasteiger partial charge in [0, 0.05) is 36.8 Å². The molecule has 0 radical (unpaired) electrons. The minimum absolute atomic E-state index is 0.295. The van der Waals surface area contributed by atoms with E-state index in [1.54, 1.807) is 36.4 Å². The summed E-state index contributed by atoms with van der Waals surface area (Å²) in [6, 6.07) is 19.7. The van der Waals surface area contributed by atoms with Gasteiger partial charge in [-0.2, -0.15) is 0 Å². The van der Waals surface area contributed by atoms with Crippen LogP contribution in [0.25, 0.3) is 16.8 Å². The maximum atomic E-state index is 12.6. The smallest absolute Gasteiger partial charge is 0.317 e. The average molecular weight is 346 g/mol. The fourth-order valence-corrected chi connectivity index (χ4v) is 2.93. The van der Waals surface area contributed by atoms with E-state index in [-0.39, 0.29) is 0 Å². The number of nitro groups is 1. The zero-order valence-corrected chi connectivity index (χ0v) is 14.5. The van der Waals surface area contributed by atoms with Crippen molar-refractivity contribution in [2.75, 3.05) is 19.0 Å². The minimum atomic E-state index is -0.619. The van der Waals surface area contributed by atoms with Crippen LogP contribution in [-0.4, -0.2) is 24.8 Å². The van der Waals surface area contributed by atoms with Crippen molar-refractivity contribution in [1.29, 1.82) is 0 Å². The number of allylic oxidation sites excluding steroid dienone is 1. The second-order valence-corrected chi connectivity index (χ2v) is 6.10. The third-order valence-electron chi connectivity index (χ3n) is 4.15. The zero-order valence-electron chi connectivity index (χ0n) is 14.5. The number of fused-ring (bicyclic) bond motifs is 1. The summed E-state index contributed by atoms with van der Waals surface area (Å²) in [4.78, 5) is 25.5. The lowest BCUT2D eigenvalue weighted by atomic mass is 9.99. The van der Waals surface area contributed by atoms with Crippen molar-refractivity contribution in [3.63, 3.8) is 0 Å². The van der Waals surface area contributed by atoms with Crippen LogP contribution in [0.3, 0.4) is 0 Å². The first-order valence-corrected chi connectivity index (χ1v) is 8.14. The van der Waals surface area contributed by atoms with Gasteiger partial charge in [-0.15, -0.1) is 0 Å². The fraction of sp³-hybridized carbons (Fsp3) is 0.0952. The van der Waals surface area contributed by atoms with Crippen molar-refractivity contribution in [2.24, 2.45) is 0 Å². The Bertz CT molecular complexity index is 1000. The van der Waals surface area contributed by atoms with E-state index >= 15 is 0 Å². The molecule has 0 saturated carbocycles. The molecule has 0 unspecified atom stereocenters. The quantitative estimate of drug-likeness (QED) is 0.297. The van der Waals surface area contributed by atoms with Gasteiger partial charge in [0.15, 0.2) is 0 Å². The zero-order chi connectivity index (χ0) is 18.7. The predicted molar refractivity (Wildman–Crippen MR) is 104 cm³/mol. The van der Waals surface area contributed by atoms with E-state index in [1.807, 2.05) is 49.3 Å². The van der Waals surface area contributed by atoms with E-state index in [2.05, 4.69) is 0 Å². The molecule has 0 bridgehead atoms. The molecule has 0 saturated heterocycles. The molecule has 0 aliphatic carbocycles. The molecule has 5 heteroatoms. The molecule has 5 nitrogen and oxygen atoms in total. The number of nitrogens with zero attached hydrogens (tertiary/aromatic N) is 2. The molecule has 0 aromatic heterocycles. The van der Waals surface area contributed by atoms with Crippen molar-refractivity contribution < 1.29 is 9.72 Å². The van der Waals surface area contributed by atoms with Gasteiger partial charge in [-0.1, -0.05) is 60.7 Å². The highest BCUT2D eigenvalue weighted by Gasteiger charge is 2.24. The highest BCUT2D eigenvalue weighted by atomic mass is 16.6. The lowest BCUT2D eigenvalue weighted by Crippen LogP contribution is -2.12. The van der Waals surface area contributed by atoms with Crippen molar-refractivity contribution >= 4 is 28.3 Å². The second-order valence-electron chi connectivity index (χ2n) is 6.10. The Kier molecular flexibility index (Phi) is 4.80. The Hall–Kier alpha value is -3.47. The molecule has 0 aliphatic heterocycles. The molecule has 3 rings (SSSR count). The first kappa shape index (κ1) is 17.4. The third kappa shape index (κ3) is 3.32. The van der Waals surface area contributed by atoms with Crippen LogP contribution in [0.4, 0.5) is 5.69 Å². The number of Topliss-reactive ketones (excluding diaryl/α,β-unsaturated/α-hetero) is 1. The summed E-state index contributed by atoms with van der Waals surface area (Å²) >= 11 is 0. The molecule has 0 aliphatic rings. The Morgan fingerprint density at radius 1 is 0.962 bits per heavy atom. The number of rotatable bonds is 5. The van der Waals surface area contributed by atoms with Gasteiger partial charge in [0.2, 0.25) is 0 Å². The van der Waals surface area contributed by atoms with Crippen molar-refractivity contribution in [3.8, 4) is 0 Å². The van der Waals surface area contributed by atoms with Crippen LogP contribution in [0, 0.1) is 10.1 Å². The molecule has 3 aromatic rings. The largest absolute Gasteiger partial charge is 0.377 e. The molecule has 130 valence electrons. The van der Waals surface area contributed by atoms with Crippen LogP contribution in [-0.2, 0) is 0 Å². The molecule has 26 heavy (non-hydrogen) atoms. The van der Waals surface area contributed by atoms with Crippen LogP contribution in [0.2, 0.25) is 0 Å². The molecule has 0 atom stereocenters. The van der Waals surface area contributed by atoms with E-state index in [4.69, 9.17) is 0 Å². The number of benzene rings is 3. The van der Waals surface area contributed by atoms with Crippen LogP contribution >= 0.6 is 0 Å². The van der Waals surface area contributed by atoms with Gasteiger partial charge in [-0.05, 0) is 17.0 Å². The summed E-state index contributed by atoms with van der Waals surface area (Å²) in [5.74, 6) is -0.602. The Labute approximate surface area is 151 Å². The SMILES string of the molecule is CN(C)c1cccc2cccc(/C=C(\C(=O)c3ccccc3)[N+](=O)[O-])c12. The molecule has 0 heterocycles. The van der Waals surface area contributed by atoms with Gasteiger partial charge in [0.1, 0.15) is 0 Å². The number of carbonyl (C=O) groups excluding carboxylic acids is 1. The summed E-state index contributed by atoms with van der Waals surface area (Å²) in [6.07, 6.45) is 1.37. The molecular weight excluding hydrogens is 328 g/mol. The Morgan fingerprint density at radius 2 is 1.62 bits per heavy atom. The maximum Gasteiger partial charge on any atom is 0.317 e. The first-order chi connectivity index (χ1) is 12.5. The summed E-state index contributed by atoms with van der Waals surface area (Å²) < 4.78 is 0. The lowest BCUT2D eigenvalue weighted by Gasteiger charge is -2.17. The van der Waals surface area contributed by atoms with E-state index in [1.165, 1.54) is 6.08 Å². The van der Waals surface area contributed by atoms with Crippen LogP contribution in [0.5, 0.6) is 0 Å². The number of anilines is 1. The monoisotopic (exact) mass is 346 g/mol. The number of ketones is 1. The van der Waals surface area contributed by atoms with Crippen molar-refractivity contribution in [1.82, 2.24) is 0 Å². The predicted octanol–water partition coefficient (Wildman–Crippen LogP) is 4.41. The molecule has 0 amide bonds. The highest BCUT2D eigenvalue weighted by molar-refractivity contribution is 6.11. The fourth-order valence-electron chi connectivity index (χ4n) is 2.93. The summed E-state index contributed by atoms with van der Waals surface area (Å²) in [6.45, 7) is 0. The summed E-state index contributed by atoms with van der Waals surface area (Å²) in [7, 11) is 3.83. The van der Waals surface area contributed by atoms with Gasteiger partial charge in [0.25, 0.3) is 5.78 Å². The van der Waals surface area contributed by atoms with E-state index in [0.717, 1.165) is 16.5 Å². The van der Waals surface area contributed by atoms with Gasteiger partial charge in [0.05, 0.1) is 4.92 Å². The standard InChI is InChI=1S/C21H18N2O3/c1-22(2)18-13-7-11-15-10-6-12-17(20(15)18)14-19(23(25)26)21(24)16-8-4-3-5-9-16/h3-14H,1-2H3/b19-14+. The first-order valence-electron chi connectivity index (χ1n) is 8.14. The van der Waals surface area contributed by atoms with Gasteiger partial charge in [-0.3, -0.25) is 14.9 Å². The van der Waals surface area contributed by atoms with Gasteiger partial charge >= 0.3 is 5.70 Å². The highest BCUT2D eigenvalue weighted by Crippen LogP contribution is 2.30. The van der Waals surface area contributed by atoms with Crippen LogP contribution in [0.1, 0.15) is 15.9 Å². The Balaban J connectivity index is 2.21. The third-order valence-corrected chi connectivity index (χ3v) is 4.15. The van der Waals surface area contributed by atoms with Crippen LogP contribution < -0.4 is 4.90 Å². The maximum absolute atomic E-state index is 12.6. The van der Waals surface area contributed by atoms with E-state index in [0.29, 0.717) is 11.1 Å². The normalized spacial score (nSPS) is 11.4. The topological polar surface area (TPSA) is 63.5 Å². The average Bonchev–Trinajstić information content (AvgIpc) is 2.65. The number of hydrogen-bond donors (Lipinski definition) is 0. The molecular formula is C21H18N2O3. The van der Waals surface area contributed by atoms with Gasteiger partial charge < -0.3 is 4.90 Å². The van der Waals surface area contributed by atoms with Crippen LogP contribution in [0.15, 0.2) is 72.4 Å². The van der Waals surface area contributed by atoms with E-state index < -0.39 is 16.4 Å². The minimum Gasteiger partial charge on any atom is -0.377 e. The molecule has 3 aromatic carbocycles. The molecule has 0 N–H and O–H groups in total. The summed E-state index contributed by atoms with van der Waals surface area (Å²) in [5.41, 5.74) is 1.42. The number of carbonyl (C=O) groups is 1. The lowest BCUT2D eigenvalue weighted by molar-refractivity contribution is -0.415. The van der Waals surface area contributed by atoms with Crippen molar-refractivity contribution in [3.05, 3.63) is 93.7 Å². The molecule has 0 fully saturated rings.